The molecule has 1 amide bonds. The van der Waals surface area contributed by atoms with E-state index in [0.29, 0.717) is 18.1 Å². The smallest absolute Gasteiger partial charge is 0.255 e. The zero-order valence-electron chi connectivity index (χ0n) is 21.3. The minimum absolute atomic E-state index is 0.0365. The summed E-state index contributed by atoms with van der Waals surface area (Å²) in [6.07, 6.45) is 3.04. The first-order valence-electron chi connectivity index (χ1n) is 12.6. The molecule has 0 bridgehead atoms. The van der Waals surface area contributed by atoms with E-state index in [1.54, 1.807) is 7.11 Å². The van der Waals surface area contributed by atoms with Crippen LogP contribution in [-0.2, 0) is 22.7 Å². The first-order valence-corrected chi connectivity index (χ1v) is 12.6. The number of carbonyl (C=O) groups excluding carboxylic acids is 1. The van der Waals surface area contributed by atoms with Gasteiger partial charge in [-0.05, 0) is 42.2 Å². The number of primary amides is 1. The number of ether oxygens (including phenoxy) is 2. The molecule has 1 unspecified atom stereocenters. The highest BCUT2D eigenvalue weighted by molar-refractivity contribution is 5.75. The van der Waals surface area contributed by atoms with Crippen molar-refractivity contribution in [2.24, 2.45) is 5.73 Å². The van der Waals surface area contributed by atoms with Gasteiger partial charge < -0.3 is 15.2 Å². The van der Waals surface area contributed by atoms with E-state index in [2.05, 4.69) is 65.8 Å². The number of rotatable bonds is 9. The molecule has 0 aliphatic carbocycles. The normalized spacial score (nSPS) is 18.8. The number of hydroxylamine groups is 1. The number of hydrogen-bond donors (Lipinski definition) is 2. The second-order valence-electron chi connectivity index (χ2n) is 9.57. The topological polar surface area (TPSA) is 86.1 Å². The number of benzene rings is 3. The monoisotopic (exact) mass is 499 g/mol. The Bertz CT molecular complexity index is 1290. The number of carbonyl (C=O) groups is 1. The molecule has 7 heteroatoms. The standard InChI is InChI=1S/C30H33N3O4/c1-20-7-6-10-22(15-20)25-17-33-14-13-24-23(11-12-28(35-2)30(24)36-19-29(31)34)27(33)16-26(25)32-37-18-21-8-4-3-5-9-21/h3-12,15-16,25,27,32H,13-14,17-19H2,1-2H3,(H2,31,34)/t25?,27-/m0/s1. The molecule has 0 radical (unpaired) electrons. The molecule has 0 fully saturated rings. The quantitative estimate of drug-likeness (QED) is 0.430. The number of nitrogens with one attached hydrogen (secondary N) is 1. The van der Waals surface area contributed by atoms with Gasteiger partial charge in [-0.3, -0.25) is 20.0 Å². The lowest BCUT2D eigenvalue weighted by Gasteiger charge is -2.43. The molecule has 37 heavy (non-hydrogen) atoms. The van der Waals surface area contributed by atoms with Gasteiger partial charge in [0.25, 0.3) is 5.91 Å². The van der Waals surface area contributed by atoms with Gasteiger partial charge in [-0.15, -0.1) is 0 Å². The van der Waals surface area contributed by atoms with Crippen LogP contribution in [0.1, 0.15) is 39.8 Å². The third-order valence-corrected chi connectivity index (χ3v) is 7.05. The second kappa shape index (κ2) is 11.1. The van der Waals surface area contributed by atoms with E-state index >= 15 is 0 Å². The van der Waals surface area contributed by atoms with Gasteiger partial charge in [-0.1, -0.05) is 66.2 Å². The van der Waals surface area contributed by atoms with E-state index in [-0.39, 0.29) is 18.6 Å². The van der Waals surface area contributed by atoms with Crippen LogP contribution >= 0.6 is 0 Å². The van der Waals surface area contributed by atoms with Crippen LogP contribution in [0.25, 0.3) is 0 Å². The summed E-state index contributed by atoms with van der Waals surface area (Å²) in [4.78, 5) is 19.9. The van der Waals surface area contributed by atoms with Gasteiger partial charge in [0.1, 0.15) is 0 Å². The zero-order valence-corrected chi connectivity index (χ0v) is 21.3. The van der Waals surface area contributed by atoms with Crippen LogP contribution in [0.15, 0.2) is 78.5 Å². The molecule has 0 spiro atoms. The van der Waals surface area contributed by atoms with Crippen molar-refractivity contribution in [3.8, 4) is 11.5 Å². The first kappa shape index (κ1) is 24.9. The minimum Gasteiger partial charge on any atom is -0.493 e. The number of fused-ring (bicyclic) bond motifs is 3. The summed E-state index contributed by atoms with van der Waals surface area (Å²) >= 11 is 0. The molecule has 0 saturated carbocycles. The molecule has 2 aliphatic heterocycles. The van der Waals surface area contributed by atoms with E-state index in [9.17, 15) is 4.79 Å². The summed E-state index contributed by atoms with van der Waals surface area (Å²) in [7, 11) is 1.60. The molecule has 3 N–H and O–H groups in total. The lowest BCUT2D eigenvalue weighted by Crippen LogP contribution is -2.43. The molecule has 0 saturated heterocycles. The van der Waals surface area contributed by atoms with Crippen molar-refractivity contribution >= 4 is 5.91 Å². The number of aryl methyl sites for hydroxylation is 1. The third-order valence-electron chi connectivity index (χ3n) is 7.05. The number of hydrogen-bond acceptors (Lipinski definition) is 6. The van der Waals surface area contributed by atoms with E-state index in [0.717, 1.165) is 41.9 Å². The van der Waals surface area contributed by atoms with Crippen LogP contribution in [-0.4, -0.2) is 37.6 Å². The van der Waals surface area contributed by atoms with E-state index < -0.39 is 5.91 Å². The lowest BCUT2D eigenvalue weighted by atomic mass is 9.83. The van der Waals surface area contributed by atoms with Crippen LogP contribution in [0.5, 0.6) is 11.5 Å². The number of methoxy groups -OCH3 is 1. The first-order chi connectivity index (χ1) is 18.0. The molecular weight excluding hydrogens is 466 g/mol. The van der Waals surface area contributed by atoms with Crippen molar-refractivity contribution in [1.82, 2.24) is 10.4 Å². The molecule has 3 aromatic carbocycles. The highest BCUT2D eigenvalue weighted by atomic mass is 16.6. The van der Waals surface area contributed by atoms with Crippen molar-refractivity contribution in [3.05, 3.63) is 106 Å². The van der Waals surface area contributed by atoms with Crippen LogP contribution < -0.4 is 20.7 Å². The van der Waals surface area contributed by atoms with E-state index in [1.165, 1.54) is 11.1 Å². The molecule has 0 aromatic heterocycles. The SMILES string of the molecule is COc1ccc2c(c1OCC(N)=O)CCN1CC(c3cccc(C)c3)C(NOCc3ccccc3)=C[C@@H]21. The summed E-state index contributed by atoms with van der Waals surface area (Å²) in [5.74, 6) is 0.841. The van der Waals surface area contributed by atoms with Crippen LogP contribution in [0.4, 0.5) is 0 Å². The summed E-state index contributed by atoms with van der Waals surface area (Å²) in [5, 5.41) is 0. The maximum atomic E-state index is 11.4. The molecule has 3 aromatic rings. The Kier molecular flexibility index (Phi) is 7.44. The Morgan fingerprint density at radius 1 is 1.11 bits per heavy atom. The Hall–Kier alpha value is -3.81. The predicted molar refractivity (Wildman–Crippen MR) is 142 cm³/mol. The second-order valence-corrected chi connectivity index (χ2v) is 9.57. The van der Waals surface area contributed by atoms with Gasteiger partial charge in [0.05, 0.1) is 19.8 Å². The fourth-order valence-electron chi connectivity index (χ4n) is 5.28. The molecule has 2 atom stereocenters. The van der Waals surface area contributed by atoms with Crippen molar-refractivity contribution < 1.29 is 19.1 Å². The van der Waals surface area contributed by atoms with Crippen molar-refractivity contribution in [3.63, 3.8) is 0 Å². The highest BCUT2D eigenvalue weighted by Crippen LogP contribution is 2.45. The highest BCUT2D eigenvalue weighted by Gasteiger charge is 2.36. The minimum atomic E-state index is -0.516. The predicted octanol–water partition coefficient (Wildman–Crippen LogP) is 4.17. The molecule has 192 valence electrons. The van der Waals surface area contributed by atoms with Crippen molar-refractivity contribution in [2.45, 2.75) is 31.9 Å². The Morgan fingerprint density at radius 3 is 2.70 bits per heavy atom. The molecule has 7 nitrogen and oxygen atoms in total. The van der Waals surface area contributed by atoms with E-state index in [4.69, 9.17) is 20.0 Å². The van der Waals surface area contributed by atoms with Gasteiger partial charge in [0, 0.05) is 30.3 Å². The van der Waals surface area contributed by atoms with Gasteiger partial charge in [0.15, 0.2) is 18.1 Å². The summed E-state index contributed by atoms with van der Waals surface area (Å²) < 4.78 is 11.4. The molecular formula is C30H33N3O4. The largest absolute Gasteiger partial charge is 0.493 e. The Balaban J connectivity index is 1.48. The van der Waals surface area contributed by atoms with Crippen molar-refractivity contribution in [1.29, 1.82) is 0 Å². The Labute approximate surface area is 217 Å². The fourth-order valence-corrected chi connectivity index (χ4v) is 5.28. The Morgan fingerprint density at radius 2 is 1.95 bits per heavy atom. The average Bonchev–Trinajstić information content (AvgIpc) is 2.91. The fraction of sp³-hybridized carbons (Fsp3) is 0.300. The van der Waals surface area contributed by atoms with E-state index in [1.807, 2.05) is 24.3 Å². The number of nitrogens with zero attached hydrogens (tertiary/aromatic N) is 1. The summed E-state index contributed by atoms with van der Waals surface area (Å²) in [6, 6.07) is 22.8. The van der Waals surface area contributed by atoms with Gasteiger partial charge in [-0.25, -0.2) is 0 Å². The summed E-state index contributed by atoms with van der Waals surface area (Å²) in [6.45, 7) is 4.11. The molecule has 5 rings (SSSR count). The van der Waals surface area contributed by atoms with Crippen LogP contribution in [0.2, 0.25) is 0 Å². The number of nitrogens with two attached hydrogens (primary N) is 1. The van der Waals surface area contributed by atoms with Gasteiger partial charge >= 0.3 is 0 Å². The number of amides is 1. The van der Waals surface area contributed by atoms with Gasteiger partial charge in [-0.2, -0.15) is 0 Å². The summed E-state index contributed by atoms with van der Waals surface area (Å²) in [5.41, 5.74) is 15.5. The van der Waals surface area contributed by atoms with Crippen LogP contribution in [0, 0.1) is 6.92 Å². The third kappa shape index (κ3) is 5.48. The van der Waals surface area contributed by atoms with Crippen LogP contribution in [0.3, 0.4) is 0 Å². The average molecular weight is 500 g/mol. The molecule has 2 heterocycles. The lowest BCUT2D eigenvalue weighted by molar-refractivity contribution is -0.119. The van der Waals surface area contributed by atoms with Gasteiger partial charge in [0.2, 0.25) is 0 Å². The molecule has 2 aliphatic rings. The maximum absolute atomic E-state index is 11.4. The van der Waals surface area contributed by atoms with Crippen molar-refractivity contribution in [2.75, 3.05) is 26.8 Å². The zero-order chi connectivity index (χ0) is 25.8. The maximum Gasteiger partial charge on any atom is 0.255 e.